The molecule has 112 valence electrons. The van der Waals surface area contributed by atoms with Gasteiger partial charge in [0, 0.05) is 18.5 Å². The number of hydrogen-bond donors (Lipinski definition) is 3. The third kappa shape index (κ3) is 4.63. The second-order valence-corrected chi connectivity index (χ2v) is 6.54. The van der Waals surface area contributed by atoms with Gasteiger partial charge in [-0.3, -0.25) is 4.90 Å². The van der Waals surface area contributed by atoms with Crippen molar-refractivity contribution in [1.82, 2.24) is 4.90 Å². The molecule has 0 amide bonds. The van der Waals surface area contributed by atoms with Crippen molar-refractivity contribution in [1.29, 1.82) is 0 Å². The maximum Gasteiger partial charge on any atom is 0.144 e. The van der Waals surface area contributed by atoms with Gasteiger partial charge in [-0.25, -0.2) is 0 Å². The van der Waals surface area contributed by atoms with E-state index in [0.29, 0.717) is 6.54 Å². The van der Waals surface area contributed by atoms with E-state index in [1.54, 1.807) is 0 Å². The van der Waals surface area contributed by atoms with Gasteiger partial charge in [0.05, 0.1) is 18.3 Å². The maximum absolute atomic E-state index is 9.27. The predicted octanol–water partition coefficient (Wildman–Crippen LogP) is 0.621. The van der Waals surface area contributed by atoms with Crippen molar-refractivity contribution in [3.63, 3.8) is 0 Å². The number of nitrogens with zero attached hydrogens (tertiary/aromatic N) is 2. The molecular weight excluding hydrogens is 246 g/mol. The van der Waals surface area contributed by atoms with Crippen LogP contribution < -0.4 is 5.73 Å². The molecular formula is C13H27N3O3. The van der Waals surface area contributed by atoms with Crippen molar-refractivity contribution in [2.24, 2.45) is 16.3 Å². The number of rotatable bonds is 5. The van der Waals surface area contributed by atoms with Crippen LogP contribution in [-0.2, 0) is 4.74 Å². The second-order valence-electron chi connectivity index (χ2n) is 6.54. The Hall–Kier alpha value is -0.850. The van der Waals surface area contributed by atoms with Crippen molar-refractivity contribution in [3.05, 3.63) is 0 Å². The van der Waals surface area contributed by atoms with E-state index in [1.165, 1.54) is 0 Å². The molecule has 0 aliphatic carbocycles. The number of morpholine rings is 1. The highest BCUT2D eigenvalue weighted by Crippen LogP contribution is 2.25. The molecule has 6 heteroatoms. The molecule has 1 aliphatic heterocycles. The van der Waals surface area contributed by atoms with E-state index < -0.39 is 0 Å². The molecule has 0 bridgehead atoms. The Bertz CT molecular complexity index is 329. The number of nitrogens with two attached hydrogens (primary N) is 1. The van der Waals surface area contributed by atoms with Crippen molar-refractivity contribution >= 4 is 5.84 Å². The lowest BCUT2D eigenvalue weighted by molar-refractivity contribution is -0.149. The predicted molar refractivity (Wildman–Crippen MR) is 74.3 cm³/mol. The van der Waals surface area contributed by atoms with Crippen molar-refractivity contribution in [2.45, 2.75) is 45.8 Å². The standard InChI is InChI=1S/C13H27N3O3/c1-12(2,11(14)15-18)5-6-16-7-10(8-17)19-13(3,4)9-16/h10,17-18H,5-9H2,1-4H3,(H2,14,15). The van der Waals surface area contributed by atoms with Crippen LogP contribution in [0.15, 0.2) is 5.16 Å². The molecule has 1 atom stereocenters. The smallest absolute Gasteiger partial charge is 0.144 e. The van der Waals surface area contributed by atoms with Gasteiger partial charge in [0.25, 0.3) is 0 Å². The number of oxime groups is 1. The van der Waals surface area contributed by atoms with Gasteiger partial charge in [-0.15, -0.1) is 0 Å². The molecule has 1 saturated heterocycles. The fraction of sp³-hybridized carbons (Fsp3) is 0.923. The lowest BCUT2D eigenvalue weighted by Crippen LogP contribution is -2.54. The number of hydrogen-bond acceptors (Lipinski definition) is 5. The number of aliphatic hydroxyl groups excluding tert-OH is 1. The van der Waals surface area contributed by atoms with E-state index in [4.69, 9.17) is 15.7 Å². The Kier molecular flexibility index (Phi) is 5.18. The third-order valence-corrected chi connectivity index (χ3v) is 3.61. The summed E-state index contributed by atoms with van der Waals surface area (Å²) in [6.07, 6.45) is 0.646. The van der Waals surface area contributed by atoms with Crippen molar-refractivity contribution < 1.29 is 15.1 Å². The van der Waals surface area contributed by atoms with Gasteiger partial charge in [-0.1, -0.05) is 19.0 Å². The monoisotopic (exact) mass is 273 g/mol. The van der Waals surface area contributed by atoms with E-state index in [-0.39, 0.29) is 29.6 Å². The van der Waals surface area contributed by atoms with E-state index in [0.717, 1.165) is 19.5 Å². The molecule has 1 aliphatic rings. The fourth-order valence-electron chi connectivity index (χ4n) is 2.38. The lowest BCUT2D eigenvalue weighted by Gasteiger charge is -2.43. The lowest BCUT2D eigenvalue weighted by atomic mass is 9.87. The van der Waals surface area contributed by atoms with Crippen LogP contribution in [0.4, 0.5) is 0 Å². The fourth-order valence-corrected chi connectivity index (χ4v) is 2.38. The highest BCUT2D eigenvalue weighted by Gasteiger charge is 2.34. The zero-order valence-corrected chi connectivity index (χ0v) is 12.4. The van der Waals surface area contributed by atoms with E-state index in [9.17, 15) is 5.11 Å². The molecule has 0 saturated carbocycles. The summed E-state index contributed by atoms with van der Waals surface area (Å²) in [7, 11) is 0. The Morgan fingerprint density at radius 2 is 2.16 bits per heavy atom. The van der Waals surface area contributed by atoms with Crippen molar-refractivity contribution in [2.75, 3.05) is 26.2 Å². The molecule has 1 heterocycles. The molecule has 0 aromatic rings. The Morgan fingerprint density at radius 3 is 2.68 bits per heavy atom. The zero-order valence-electron chi connectivity index (χ0n) is 12.4. The van der Waals surface area contributed by atoms with Gasteiger partial charge in [-0.2, -0.15) is 0 Å². The van der Waals surface area contributed by atoms with Gasteiger partial charge in [0.2, 0.25) is 0 Å². The first-order chi connectivity index (χ1) is 8.70. The summed E-state index contributed by atoms with van der Waals surface area (Å²) in [6.45, 7) is 10.3. The average Bonchev–Trinajstić information content (AvgIpc) is 2.33. The molecule has 0 aromatic heterocycles. The first-order valence-corrected chi connectivity index (χ1v) is 6.69. The van der Waals surface area contributed by atoms with Gasteiger partial charge >= 0.3 is 0 Å². The minimum Gasteiger partial charge on any atom is -0.409 e. The van der Waals surface area contributed by atoms with Gasteiger partial charge in [0.15, 0.2) is 0 Å². The molecule has 1 fully saturated rings. The third-order valence-electron chi connectivity index (χ3n) is 3.61. The van der Waals surface area contributed by atoms with Crippen LogP contribution in [0.3, 0.4) is 0 Å². The summed E-state index contributed by atoms with van der Waals surface area (Å²) in [6, 6.07) is 0. The maximum atomic E-state index is 9.27. The SMILES string of the molecule is CC1(C)CN(CCC(C)(C)C(N)=NO)CC(CO)O1. The summed E-state index contributed by atoms with van der Waals surface area (Å²) in [5, 5.41) is 21.1. The van der Waals surface area contributed by atoms with Gasteiger partial charge < -0.3 is 20.8 Å². The quantitative estimate of drug-likeness (QED) is 0.296. The Balaban J connectivity index is 2.57. The van der Waals surface area contributed by atoms with Crippen molar-refractivity contribution in [3.8, 4) is 0 Å². The molecule has 6 nitrogen and oxygen atoms in total. The second kappa shape index (κ2) is 6.07. The molecule has 19 heavy (non-hydrogen) atoms. The van der Waals surface area contributed by atoms with Crippen LogP contribution in [0.25, 0.3) is 0 Å². The van der Waals surface area contributed by atoms with Gasteiger partial charge in [0.1, 0.15) is 5.84 Å². The summed E-state index contributed by atoms with van der Waals surface area (Å²) in [5.41, 5.74) is 5.09. The van der Waals surface area contributed by atoms with Crippen LogP contribution >= 0.6 is 0 Å². The summed E-state index contributed by atoms with van der Waals surface area (Å²) in [5.74, 6) is 0.249. The molecule has 0 radical (unpaired) electrons. The molecule has 1 unspecified atom stereocenters. The normalized spacial score (nSPS) is 25.5. The first kappa shape index (κ1) is 16.2. The molecule has 4 N–H and O–H groups in total. The van der Waals surface area contributed by atoms with E-state index in [2.05, 4.69) is 10.1 Å². The van der Waals surface area contributed by atoms with Crippen LogP contribution in [0.1, 0.15) is 34.1 Å². The van der Waals surface area contributed by atoms with Crippen LogP contribution in [0.2, 0.25) is 0 Å². The van der Waals surface area contributed by atoms with Crippen LogP contribution in [-0.4, -0.2) is 59.0 Å². The van der Waals surface area contributed by atoms with Gasteiger partial charge in [-0.05, 0) is 26.8 Å². The summed E-state index contributed by atoms with van der Waals surface area (Å²) >= 11 is 0. The van der Waals surface area contributed by atoms with E-state index >= 15 is 0 Å². The Morgan fingerprint density at radius 1 is 1.53 bits per heavy atom. The zero-order chi connectivity index (χ0) is 14.7. The average molecular weight is 273 g/mol. The number of aliphatic hydroxyl groups is 1. The number of ether oxygens (including phenoxy) is 1. The number of amidine groups is 1. The minimum atomic E-state index is -0.341. The summed E-state index contributed by atoms with van der Waals surface area (Å²) in [4.78, 5) is 2.26. The highest BCUT2D eigenvalue weighted by molar-refractivity contribution is 5.85. The largest absolute Gasteiger partial charge is 0.409 e. The molecule has 1 rings (SSSR count). The first-order valence-electron chi connectivity index (χ1n) is 6.69. The van der Waals surface area contributed by atoms with E-state index in [1.807, 2.05) is 27.7 Å². The Labute approximate surface area is 115 Å². The topological polar surface area (TPSA) is 91.3 Å². The highest BCUT2D eigenvalue weighted by atomic mass is 16.5. The summed E-state index contributed by atoms with van der Waals surface area (Å²) < 4.78 is 5.77. The molecule has 0 aromatic carbocycles. The molecule has 0 spiro atoms. The van der Waals surface area contributed by atoms with Crippen LogP contribution in [0.5, 0.6) is 0 Å². The van der Waals surface area contributed by atoms with Crippen LogP contribution in [0, 0.1) is 5.41 Å². The minimum absolute atomic E-state index is 0.0313.